The second kappa shape index (κ2) is 7.17. The number of aromatic nitrogens is 1. The van der Waals surface area contributed by atoms with Crippen molar-refractivity contribution in [3.05, 3.63) is 34.7 Å². The fourth-order valence-corrected chi connectivity index (χ4v) is 2.50. The lowest BCUT2D eigenvalue weighted by Crippen LogP contribution is -2.11. The maximum atomic E-state index is 11.7. The van der Waals surface area contributed by atoms with Gasteiger partial charge in [0, 0.05) is 23.1 Å². The van der Waals surface area contributed by atoms with Crippen molar-refractivity contribution < 1.29 is 4.79 Å². The van der Waals surface area contributed by atoms with Crippen LogP contribution in [-0.2, 0) is 4.79 Å². The number of anilines is 1. The van der Waals surface area contributed by atoms with E-state index in [0.717, 1.165) is 34.8 Å². The number of nitrogens with two attached hydrogens (primary N) is 1. The topological polar surface area (TPSA) is 68.0 Å². The van der Waals surface area contributed by atoms with Gasteiger partial charge < -0.3 is 11.1 Å². The molecule has 0 atom stereocenters. The predicted molar refractivity (Wildman–Crippen MR) is 83.8 cm³/mol. The number of nitrogens with one attached hydrogen (secondary N) is 1. The highest BCUT2D eigenvalue weighted by molar-refractivity contribution is 7.09. The summed E-state index contributed by atoms with van der Waals surface area (Å²) in [5.74, 6) is 0.0377. The second-order valence-corrected chi connectivity index (χ2v) is 5.69. The number of thiazole rings is 1. The van der Waals surface area contributed by atoms with Gasteiger partial charge in [0.15, 0.2) is 0 Å². The van der Waals surface area contributed by atoms with Crippen molar-refractivity contribution in [2.45, 2.75) is 26.2 Å². The molecule has 0 bridgehead atoms. The first-order valence-electron chi connectivity index (χ1n) is 6.71. The summed E-state index contributed by atoms with van der Waals surface area (Å²) in [4.78, 5) is 16.1. The number of rotatable bonds is 6. The number of unbranched alkanes of at least 4 members (excludes halogenated alkanes) is 1. The van der Waals surface area contributed by atoms with Gasteiger partial charge in [-0.3, -0.25) is 4.79 Å². The number of aryl methyl sites for hydroxylation is 1. The van der Waals surface area contributed by atoms with Gasteiger partial charge in [0.1, 0.15) is 0 Å². The Morgan fingerprint density at radius 3 is 2.65 bits per heavy atom. The van der Waals surface area contributed by atoms with E-state index >= 15 is 0 Å². The molecule has 2 rings (SSSR count). The number of carbonyl (C=O) groups is 1. The fourth-order valence-electron chi connectivity index (χ4n) is 1.87. The minimum Gasteiger partial charge on any atom is -0.330 e. The Hall–Kier alpha value is -1.72. The van der Waals surface area contributed by atoms with E-state index in [-0.39, 0.29) is 5.91 Å². The molecular formula is C15H19N3OS. The zero-order valence-corrected chi connectivity index (χ0v) is 12.4. The molecule has 1 aromatic carbocycles. The monoisotopic (exact) mass is 289 g/mol. The number of carbonyl (C=O) groups excluding carboxylic acids is 1. The summed E-state index contributed by atoms with van der Waals surface area (Å²) in [6.07, 6.45) is 2.23. The van der Waals surface area contributed by atoms with Crippen LogP contribution in [0.2, 0.25) is 0 Å². The Kier molecular flexibility index (Phi) is 5.26. The highest BCUT2D eigenvalue weighted by Gasteiger charge is 2.04. The summed E-state index contributed by atoms with van der Waals surface area (Å²) >= 11 is 1.63. The maximum Gasteiger partial charge on any atom is 0.224 e. The van der Waals surface area contributed by atoms with Crippen LogP contribution in [0, 0.1) is 6.92 Å². The van der Waals surface area contributed by atoms with Gasteiger partial charge in [-0.1, -0.05) is 12.1 Å². The molecule has 0 spiro atoms. The zero-order valence-electron chi connectivity index (χ0n) is 11.6. The largest absolute Gasteiger partial charge is 0.330 e. The highest BCUT2D eigenvalue weighted by Crippen LogP contribution is 2.23. The molecule has 106 valence electrons. The van der Waals surface area contributed by atoms with Crippen molar-refractivity contribution in [1.82, 2.24) is 4.98 Å². The van der Waals surface area contributed by atoms with E-state index in [0.29, 0.717) is 13.0 Å². The predicted octanol–water partition coefficient (Wildman–Crippen LogP) is 3.19. The highest BCUT2D eigenvalue weighted by atomic mass is 32.1. The normalized spacial score (nSPS) is 10.5. The molecule has 0 saturated heterocycles. The van der Waals surface area contributed by atoms with Gasteiger partial charge in [0.05, 0.1) is 10.7 Å². The Labute approximate surface area is 123 Å². The summed E-state index contributed by atoms with van der Waals surface area (Å²) in [5, 5.41) is 5.98. The van der Waals surface area contributed by atoms with E-state index in [1.165, 1.54) is 0 Å². The van der Waals surface area contributed by atoms with Crippen LogP contribution in [0.3, 0.4) is 0 Å². The third kappa shape index (κ3) is 4.15. The van der Waals surface area contributed by atoms with Gasteiger partial charge in [-0.05, 0) is 38.4 Å². The molecule has 1 aromatic heterocycles. The summed E-state index contributed by atoms with van der Waals surface area (Å²) in [7, 11) is 0. The minimum atomic E-state index is 0.0377. The molecule has 4 nitrogen and oxygen atoms in total. The molecule has 0 radical (unpaired) electrons. The lowest BCUT2D eigenvalue weighted by atomic mass is 10.1. The van der Waals surface area contributed by atoms with E-state index in [9.17, 15) is 4.79 Å². The standard InChI is InChI=1S/C15H19N3OS/c1-11-17-14(10-20-11)12-5-7-13(8-6-12)18-15(19)4-2-3-9-16/h5-8,10H,2-4,9,16H2,1H3,(H,18,19). The molecule has 0 saturated carbocycles. The minimum absolute atomic E-state index is 0.0377. The van der Waals surface area contributed by atoms with Crippen molar-refractivity contribution in [1.29, 1.82) is 0 Å². The summed E-state index contributed by atoms with van der Waals surface area (Å²) in [5.41, 5.74) is 8.27. The number of benzene rings is 1. The third-order valence-corrected chi connectivity index (χ3v) is 3.71. The first-order chi connectivity index (χ1) is 9.69. The van der Waals surface area contributed by atoms with Crippen LogP contribution in [-0.4, -0.2) is 17.4 Å². The van der Waals surface area contributed by atoms with Crippen LogP contribution in [0.25, 0.3) is 11.3 Å². The zero-order chi connectivity index (χ0) is 14.4. The van der Waals surface area contributed by atoms with Crippen molar-refractivity contribution in [2.24, 2.45) is 5.73 Å². The number of hydrogen-bond acceptors (Lipinski definition) is 4. The van der Waals surface area contributed by atoms with Gasteiger partial charge in [-0.15, -0.1) is 11.3 Å². The molecule has 0 fully saturated rings. The van der Waals surface area contributed by atoms with Crippen LogP contribution in [0.1, 0.15) is 24.3 Å². The quantitative estimate of drug-likeness (QED) is 0.802. The van der Waals surface area contributed by atoms with E-state index in [2.05, 4.69) is 10.3 Å². The molecule has 1 amide bonds. The second-order valence-electron chi connectivity index (χ2n) is 4.62. The first kappa shape index (κ1) is 14.7. The van der Waals surface area contributed by atoms with Crippen molar-refractivity contribution in [2.75, 3.05) is 11.9 Å². The maximum absolute atomic E-state index is 11.7. The molecule has 0 unspecified atom stereocenters. The van der Waals surface area contributed by atoms with Crippen molar-refractivity contribution in [3.8, 4) is 11.3 Å². The Morgan fingerprint density at radius 1 is 1.30 bits per heavy atom. The van der Waals surface area contributed by atoms with Crippen molar-refractivity contribution >= 4 is 22.9 Å². The number of amides is 1. The Morgan fingerprint density at radius 2 is 2.05 bits per heavy atom. The smallest absolute Gasteiger partial charge is 0.224 e. The molecule has 20 heavy (non-hydrogen) atoms. The van der Waals surface area contributed by atoms with Crippen LogP contribution < -0.4 is 11.1 Å². The van der Waals surface area contributed by atoms with E-state index in [1.807, 2.05) is 36.6 Å². The molecule has 0 aliphatic rings. The van der Waals surface area contributed by atoms with E-state index in [4.69, 9.17) is 5.73 Å². The molecule has 1 heterocycles. The Balaban J connectivity index is 1.93. The first-order valence-corrected chi connectivity index (χ1v) is 7.59. The van der Waals surface area contributed by atoms with Crippen LogP contribution >= 0.6 is 11.3 Å². The lowest BCUT2D eigenvalue weighted by molar-refractivity contribution is -0.116. The lowest BCUT2D eigenvalue weighted by Gasteiger charge is -2.05. The van der Waals surface area contributed by atoms with Gasteiger partial charge in [0.25, 0.3) is 0 Å². The molecule has 0 aliphatic heterocycles. The third-order valence-electron chi connectivity index (χ3n) is 2.94. The molecule has 2 aromatic rings. The average Bonchev–Trinajstić information content (AvgIpc) is 2.86. The molecular weight excluding hydrogens is 270 g/mol. The summed E-state index contributed by atoms with van der Waals surface area (Å²) in [6.45, 7) is 2.62. The van der Waals surface area contributed by atoms with E-state index in [1.54, 1.807) is 11.3 Å². The number of nitrogens with zero attached hydrogens (tertiary/aromatic N) is 1. The van der Waals surface area contributed by atoms with Gasteiger partial charge >= 0.3 is 0 Å². The average molecular weight is 289 g/mol. The fraction of sp³-hybridized carbons (Fsp3) is 0.333. The van der Waals surface area contributed by atoms with Crippen LogP contribution in [0.4, 0.5) is 5.69 Å². The van der Waals surface area contributed by atoms with Gasteiger partial charge in [-0.25, -0.2) is 4.98 Å². The van der Waals surface area contributed by atoms with Crippen LogP contribution in [0.5, 0.6) is 0 Å². The summed E-state index contributed by atoms with van der Waals surface area (Å²) < 4.78 is 0. The molecule has 0 aliphatic carbocycles. The van der Waals surface area contributed by atoms with Gasteiger partial charge in [0.2, 0.25) is 5.91 Å². The number of hydrogen-bond donors (Lipinski definition) is 2. The van der Waals surface area contributed by atoms with Gasteiger partial charge in [-0.2, -0.15) is 0 Å². The van der Waals surface area contributed by atoms with Crippen LogP contribution in [0.15, 0.2) is 29.6 Å². The Bertz CT molecular complexity index is 563. The van der Waals surface area contributed by atoms with Crippen molar-refractivity contribution in [3.63, 3.8) is 0 Å². The molecule has 5 heteroatoms. The molecule has 3 N–H and O–H groups in total. The van der Waals surface area contributed by atoms with E-state index < -0.39 is 0 Å². The SMILES string of the molecule is Cc1nc(-c2ccc(NC(=O)CCCCN)cc2)cs1. The summed E-state index contributed by atoms with van der Waals surface area (Å²) in [6, 6.07) is 7.77.